The Morgan fingerprint density at radius 1 is 1.03 bits per heavy atom. The largest absolute Gasteiger partial charge is 0.379 e. The summed E-state index contributed by atoms with van der Waals surface area (Å²) in [6.45, 7) is 6.47. The molecule has 2 aliphatic rings. The highest BCUT2D eigenvalue weighted by atomic mass is 16.5. The van der Waals surface area contributed by atoms with Crippen molar-refractivity contribution in [2.24, 2.45) is 0 Å². The first-order chi connectivity index (χ1) is 16.0. The number of rotatable bonds is 6. The number of carbonyl (C=O) groups excluding carboxylic acids is 2. The molecule has 0 aromatic heterocycles. The molecule has 1 saturated heterocycles. The quantitative estimate of drug-likeness (QED) is 0.662. The number of aryl methyl sites for hydroxylation is 2. The molecule has 7 nitrogen and oxygen atoms in total. The van der Waals surface area contributed by atoms with Crippen LogP contribution in [0.15, 0.2) is 42.5 Å². The van der Waals surface area contributed by atoms with Crippen molar-refractivity contribution in [3.05, 3.63) is 59.2 Å². The number of fused-ring (bicyclic) bond motifs is 1. The number of ether oxygens (including phenoxy) is 1. The topological polar surface area (TPSA) is 73.9 Å². The minimum atomic E-state index is -0.646. The molecule has 2 heterocycles. The van der Waals surface area contributed by atoms with E-state index in [0.717, 1.165) is 38.9 Å². The van der Waals surface area contributed by atoms with Gasteiger partial charge < -0.3 is 20.3 Å². The van der Waals surface area contributed by atoms with E-state index >= 15 is 0 Å². The third kappa shape index (κ3) is 5.72. The van der Waals surface area contributed by atoms with Gasteiger partial charge in [0.1, 0.15) is 0 Å². The van der Waals surface area contributed by atoms with Gasteiger partial charge in [0.2, 0.25) is 0 Å². The monoisotopic (exact) mass is 450 g/mol. The number of anilines is 2. The van der Waals surface area contributed by atoms with Gasteiger partial charge in [-0.05, 0) is 54.2 Å². The highest BCUT2D eigenvalue weighted by Gasteiger charge is 2.26. The normalized spacial score (nSPS) is 17.2. The third-order valence-electron chi connectivity index (χ3n) is 6.61. The minimum absolute atomic E-state index is 0.00739. The fourth-order valence-corrected chi connectivity index (χ4v) is 4.64. The van der Waals surface area contributed by atoms with Crippen LogP contribution >= 0.6 is 0 Å². The maximum atomic E-state index is 12.6. The summed E-state index contributed by atoms with van der Waals surface area (Å²) in [7, 11) is 2.13. The van der Waals surface area contributed by atoms with Gasteiger partial charge in [0.05, 0.1) is 19.3 Å². The molecule has 2 aliphatic heterocycles. The van der Waals surface area contributed by atoms with Gasteiger partial charge >= 0.3 is 11.8 Å². The van der Waals surface area contributed by atoms with Crippen LogP contribution in [0.1, 0.15) is 36.1 Å². The van der Waals surface area contributed by atoms with Crippen LogP contribution in [-0.2, 0) is 27.2 Å². The highest BCUT2D eigenvalue weighted by Crippen LogP contribution is 2.31. The lowest BCUT2D eigenvalue weighted by atomic mass is 9.95. The van der Waals surface area contributed by atoms with Gasteiger partial charge in [0, 0.05) is 44.6 Å². The van der Waals surface area contributed by atoms with E-state index in [1.165, 1.54) is 22.4 Å². The van der Waals surface area contributed by atoms with Crippen molar-refractivity contribution >= 4 is 23.2 Å². The smallest absolute Gasteiger partial charge is 0.313 e. The molecule has 2 aromatic carbocycles. The first kappa shape index (κ1) is 23.3. The van der Waals surface area contributed by atoms with E-state index in [4.69, 9.17) is 4.74 Å². The number of nitrogens with one attached hydrogen (secondary N) is 2. The van der Waals surface area contributed by atoms with Crippen molar-refractivity contribution < 1.29 is 14.3 Å². The molecule has 7 heteroatoms. The Balaban J connectivity index is 1.44. The first-order valence-electron chi connectivity index (χ1n) is 11.9. The Morgan fingerprint density at radius 2 is 1.79 bits per heavy atom. The Bertz CT molecular complexity index is 970. The van der Waals surface area contributed by atoms with Crippen molar-refractivity contribution in [1.82, 2.24) is 10.2 Å². The van der Waals surface area contributed by atoms with Crippen LogP contribution in [0, 0.1) is 0 Å². The van der Waals surface area contributed by atoms with Gasteiger partial charge in [-0.1, -0.05) is 31.2 Å². The summed E-state index contributed by atoms with van der Waals surface area (Å²) in [4.78, 5) is 29.7. The Labute approximate surface area is 196 Å². The average molecular weight is 451 g/mol. The SMILES string of the molecule is CCc1ccc(NC(=O)C(=O)NC[C@H](c2ccc3c(c2)CCCN3C)N2CCOCC2)cc1. The van der Waals surface area contributed by atoms with E-state index in [1.807, 2.05) is 24.3 Å². The molecular weight excluding hydrogens is 416 g/mol. The number of hydrogen-bond donors (Lipinski definition) is 2. The maximum absolute atomic E-state index is 12.6. The van der Waals surface area contributed by atoms with E-state index in [1.54, 1.807) is 0 Å². The summed E-state index contributed by atoms with van der Waals surface area (Å²) >= 11 is 0. The zero-order valence-corrected chi connectivity index (χ0v) is 19.6. The summed E-state index contributed by atoms with van der Waals surface area (Å²) < 4.78 is 5.54. The Kier molecular flexibility index (Phi) is 7.62. The molecule has 2 aromatic rings. The second-order valence-corrected chi connectivity index (χ2v) is 8.79. The lowest BCUT2D eigenvalue weighted by Gasteiger charge is -2.36. The number of hydrogen-bond acceptors (Lipinski definition) is 5. The third-order valence-corrected chi connectivity index (χ3v) is 6.61. The zero-order chi connectivity index (χ0) is 23.2. The molecule has 2 amide bonds. The van der Waals surface area contributed by atoms with Gasteiger partial charge in [0.15, 0.2) is 0 Å². The van der Waals surface area contributed by atoms with E-state index in [9.17, 15) is 9.59 Å². The van der Waals surface area contributed by atoms with Crippen LogP contribution in [0.3, 0.4) is 0 Å². The summed E-state index contributed by atoms with van der Waals surface area (Å²) in [6.07, 6.45) is 3.14. The van der Waals surface area contributed by atoms with Gasteiger partial charge in [-0.2, -0.15) is 0 Å². The lowest BCUT2D eigenvalue weighted by molar-refractivity contribution is -0.136. The van der Waals surface area contributed by atoms with Crippen LogP contribution in [0.25, 0.3) is 0 Å². The van der Waals surface area contributed by atoms with Crippen LogP contribution in [-0.4, -0.2) is 63.2 Å². The predicted octanol–water partition coefficient (Wildman–Crippen LogP) is 2.76. The number of amides is 2. The van der Waals surface area contributed by atoms with Gasteiger partial charge in [-0.25, -0.2) is 0 Å². The van der Waals surface area contributed by atoms with Gasteiger partial charge in [0.25, 0.3) is 0 Å². The lowest BCUT2D eigenvalue weighted by Crippen LogP contribution is -2.45. The van der Waals surface area contributed by atoms with Crippen molar-refractivity contribution in [2.45, 2.75) is 32.2 Å². The minimum Gasteiger partial charge on any atom is -0.379 e. The van der Waals surface area contributed by atoms with E-state index in [0.29, 0.717) is 25.4 Å². The molecule has 0 unspecified atom stereocenters. The summed E-state index contributed by atoms with van der Waals surface area (Å²) in [6, 6.07) is 14.2. The number of benzene rings is 2. The Morgan fingerprint density at radius 3 is 2.52 bits per heavy atom. The summed E-state index contributed by atoms with van der Waals surface area (Å²) in [5.41, 5.74) is 5.60. The van der Waals surface area contributed by atoms with Gasteiger partial charge in [-0.15, -0.1) is 0 Å². The molecule has 0 saturated carbocycles. The number of nitrogens with zero attached hydrogens (tertiary/aromatic N) is 2. The molecule has 1 atom stereocenters. The summed E-state index contributed by atoms with van der Waals surface area (Å²) in [5.74, 6) is -1.27. The molecule has 0 radical (unpaired) electrons. The van der Waals surface area contributed by atoms with Crippen LogP contribution in [0.4, 0.5) is 11.4 Å². The standard InChI is InChI=1S/C26H34N4O3/c1-3-19-6-9-22(10-7-19)28-26(32)25(31)27-18-24(30-13-15-33-16-14-30)21-8-11-23-20(17-21)5-4-12-29(23)2/h6-11,17,24H,3-5,12-16,18H2,1-2H3,(H,27,31)(H,28,32)/t24-/m1/s1. The van der Waals surface area contributed by atoms with E-state index in [2.05, 4.69) is 52.6 Å². The molecule has 1 fully saturated rings. The number of carbonyl (C=O) groups is 2. The molecule has 4 rings (SSSR count). The second-order valence-electron chi connectivity index (χ2n) is 8.79. The number of morpholine rings is 1. The molecule has 33 heavy (non-hydrogen) atoms. The fraction of sp³-hybridized carbons (Fsp3) is 0.462. The molecule has 2 N–H and O–H groups in total. The molecule has 0 bridgehead atoms. The molecular formula is C26H34N4O3. The van der Waals surface area contributed by atoms with Crippen molar-refractivity contribution in [3.8, 4) is 0 Å². The average Bonchev–Trinajstić information content (AvgIpc) is 2.85. The van der Waals surface area contributed by atoms with Crippen LogP contribution in [0.5, 0.6) is 0 Å². The fourth-order valence-electron chi connectivity index (χ4n) is 4.64. The predicted molar refractivity (Wildman–Crippen MR) is 131 cm³/mol. The van der Waals surface area contributed by atoms with Crippen molar-refractivity contribution in [2.75, 3.05) is 56.7 Å². The molecule has 0 spiro atoms. The highest BCUT2D eigenvalue weighted by molar-refractivity contribution is 6.39. The van der Waals surface area contributed by atoms with Crippen molar-refractivity contribution in [1.29, 1.82) is 0 Å². The zero-order valence-electron chi connectivity index (χ0n) is 19.6. The maximum Gasteiger partial charge on any atom is 0.313 e. The van der Waals surface area contributed by atoms with Gasteiger partial charge in [-0.3, -0.25) is 14.5 Å². The van der Waals surface area contributed by atoms with E-state index < -0.39 is 11.8 Å². The molecule has 0 aliphatic carbocycles. The van der Waals surface area contributed by atoms with Crippen LogP contribution < -0.4 is 15.5 Å². The first-order valence-corrected chi connectivity index (χ1v) is 11.9. The van der Waals surface area contributed by atoms with Crippen LogP contribution in [0.2, 0.25) is 0 Å². The van der Waals surface area contributed by atoms with E-state index in [-0.39, 0.29) is 6.04 Å². The second kappa shape index (κ2) is 10.8. The Hall–Kier alpha value is -2.90. The van der Waals surface area contributed by atoms with Crippen molar-refractivity contribution in [3.63, 3.8) is 0 Å². The summed E-state index contributed by atoms with van der Waals surface area (Å²) in [5, 5.41) is 5.56. The molecule has 176 valence electrons.